The van der Waals surface area contributed by atoms with Crippen molar-refractivity contribution in [3.8, 4) is 5.69 Å². The number of nitrogens with zero attached hydrogens (tertiary/aromatic N) is 4. The molecule has 0 fully saturated rings. The number of hydrogen-bond acceptors (Lipinski definition) is 5. The predicted molar refractivity (Wildman–Crippen MR) is 93.3 cm³/mol. The van der Waals surface area contributed by atoms with Gasteiger partial charge in [-0.05, 0) is 30.2 Å². The first-order valence-electron chi connectivity index (χ1n) is 7.73. The first kappa shape index (κ1) is 16.9. The molecule has 1 aromatic carbocycles. The smallest absolute Gasteiger partial charge is 0.145 e. The molecule has 0 unspecified atom stereocenters. The molecule has 0 amide bonds. The zero-order valence-corrected chi connectivity index (χ0v) is 14.7. The molecule has 0 saturated heterocycles. The maximum atomic E-state index is 13.2. The lowest BCUT2D eigenvalue weighted by Crippen LogP contribution is -2.03. The Kier molecular flexibility index (Phi) is 5.11. The first-order valence-corrected chi connectivity index (χ1v) is 8.72. The van der Waals surface area contributed by atoms with E-state index in [1.807, 2.05) is 6.20 Å². The lowest BCUT2D eigenvalue weighted by Gasteiger charge is -2.10. The normalized spacial score (nSPS) is 11.5. The summed E-state index contributed by atoms with van der Waals surface area (Å²) >= 11 is 1.58. The van der Waals surface area contributed by atoms with Crippen LogP contribution < -0.4 is 0 Å². The number of thioether (sulfide) groups is 1. The molecule has 24 heavy (non-hydrogen) atoms. The van der Waals surface area contributed by atoms with E-state index in [0.29, 0.717) is 6.61 Å². The van der Waals surface area contributed by atoms with Crippen LogP contribution in [-0.2, 0) is 4.74 Å². The van der Waals surface area contributed by atoms with Crippen molar-refractivity contribution in [3.63, 3.8) is 0 Å². The fourth-order valence-corrected chi connectivity index (χ4v) is 3.34. The quantitative estimate of drug-likeness (QED) is 0.502. The van der Waals surface area contributed by atoms with Crippen molar-refractivity contribution in [2.45, 2.75) is 24.8 Å². The van der Waals surface area contributed by atoms with Gasteiger partial charge in [0.25, 0.3) is 0 Å². The van der Waals surface area contributed by atoms with Crippen LogP contribution in [0, 0.1) is 5.82 Å². The molecular weight excluding hydrogens is 327 g/mol. The Balaban J connectivity index is 2.14. The average Bonchev–Trinajstić information content (AvgIpc) is 3.01. The minimum absolute atomic E-state index is 0.240. The Morgan fingerprint density at radius 3 is 2.62 bits per heavy atom. The number of benzene rings is 1. The number of methoxy groups -OCH3 is 1. The van der Waals surface area contributed by atoms with Gasteiger partial charge in [-0.25, -0.2) is 9.07 Å². The molecule has 7 heteroatoms. The van der Waals surface area contributed by atoms with Crippen LogP contribution in [0.5, 0.6) is 0 Å². The molecule has 3 aromatic rings. The summed E-state index contributed by atoms with van der Waals surface area (Å²) in [7, 11) is 1.67. The van der Waals surface area contributed by atoms with Gasteiger partial charge in [0.2, 0.25) is 0 Å². The Labute approximate surface area is 144 Å². The van der Waals surface area contributed by atoms with Gasteiger partial charge in [0.1, 0.15) is 16.4 Å². The fourth-order valence-electron chi connectivity index (χ4n) is 2.47. The standard InChI is InChI=1S/C17H19FN4OS/c1-11(2)15-14-10-19-22(13-6-4-12(18)5-7-13)16(14)17(21-20-15)24-9-8-23-3/h4-7,10-11H,8-9H2,1-3H3. The number of ether oxygens (including phenoxy) is 1. The van der Waals surface area contributed by atoms with E-state index in [9.17, 15) is 4.39 Å². The fraction of sp³-hybridized carbons (Fsp3) is 0.353. The van der Waals surface area contributed by atoms with E-state index >= 15 is 0 Å². The van der Waals surface area contributed by atoms with Gasteiger partial charge in [0.05, 0.1) is 24.2 Å². The molecule has 2 heterocycles. The van der Waals surface area contributed by atoms with Crippen LogP contribution in [0.3, 0.4) is 0 Å². The van der Waals surface area contributed by atoms with E-state index in [-0.39, 0.29) is 11.7 Å². The van der Waals surface area contributed by atoms with Crippen LogP contribution in [0.2, 0.25) is 0 Å². The van der Waals surface area contributed by atoms with Crippen LogP contribution in [0.25, 0.3) is 16.6 Å². The number of fused-ring (bicyclic) bond motifs is 1. The van der Waals surface area contributed by atoms with Crippen LogP contribution >= 0.6 is 11.8 Å². The van der Waals surface area contributed by atoms with Gasteiger partial charge in [-0.1, -0.05) is 25.6 Å². The van der Waals surface area contributed by atoms with Gasteiger partial charge >= 0.3 is 0 Å². The third-order valence-electron chi connectivity index (χ3n) is 3.64. The van der Waals surface area contributed by atoms with Gasteiger partial charge in [-0.2, -0.15) is 10.2 Å². The van der Waals surface area contributed by atoms with E-state index in [0.717, 1.165) is 33.1 Å². The van der Waals surface area contributed by atoms with Crippen LogP contribution in [0.15, 0.2) is 35.5 Å². The molecule has 0 atom stereocenters. The van der Waals surface area contributed by atoms with Gasteiger partial charge < -0.3 is 4.74 Å². The van der Waals surface area contributed by atoms with Gasteiger partial charge in [0.15, 0.2) is 0 Å². The highest BCUT2D eigenvalue weighted by Gasteiger charge is 2.18. The average molecular weight is 346 g/mol. The van der Waals surface area contributed by atoms with Crippen molar-refractivity contribution in [2.75, 3.05) is 19.5 Å². The first-order chi connectivity index (χ1) is 11.6. The molecule has 0 bridgehead atoms. The molecular formula is C17H19FN4OS. The molecule has 5 nitrogen and oxygen atoms in total. The van der Waals surface area contributed by atoms with Crippen molar-refractivity contribution in [3.05, 3.63) is 42.0 Å². The largest absolute Gasteiger partial charge is 0.384 e. The molecule has 126 valence electrons. The predicted octanol–water partition coefficient (Wildman–Crippen LogP) is 3.82. The monoisotopic (exact) mass is 346 g/mol. The zero-order chi connectivity index (χ0) is 17.1. The summed E-state index contributed by atoms with van der Waals surface area (Å²) in [5, 5.41) is 15.1. The molecule has 0 N–H and O–H groups in total. The minimum Gasteiger partial charge on any atom is -0.384 e. The summed E-state index contributed by atoms with van der Waals surface area (Å²) in [4.78, 5) is 0. The van der Waals surface area contributed by atoms with Crippen molar-refractivity contribution in [1.82, 2.24) is 20.0 Å². The second-order valence-electron chi connectivity index (χ2n) is 5.68. The molecule has 0 spiro atoms. The van der Waals surface area contributed by atoms with Gasteiger partial charge in [0, 0.05) is 18.2 Å². The maximum Gasteiger partial charge on any atom is 0.145 e. The number of aromatic nitrogens is 4. The highest BCUT2D eigenvalue weighted by molar-refractivity contribution is 7.99. The molecule has 3 rings (SSSR count). The van der Waals surface area contributed by atoms with Crippen molar-refractivity contribution < 1.29 is 9.13 Å². The van der Waals surface area contributed by atoms with Crippen molar-refractivity contribution >= 4 is 22.7 Å². The highest BCUT2D eigenvalue weighted by atomic mass is 32.2. The minimum atomic E-state index is -0.271. The number of hydrogen-bond donors (Lipinski definition) is 0. The summed E-state index contributed by atoms with van der Waals surface area (Å²) < 4.78 is 20.1. The summed E-state index contributed by atoms with van der Waals surface area (Å²) in [6, 6.07) is 6.28. The van der Waals surface area contributed by atoms with E-state index < -0.39 is 0 Å². The Morgan fingerprint density at radius 1 is 1.21 bits per heavy atom. The molecule has 0 radical (unpaired) electrons. The Hall–Kier alpha value is -1.99. The van der Waals surface area contributed by atoms with E-state index in [1.165, 1.54) is 12.1 Å². The van der Waals surface area contributed by atoms with E-state index in [4.69, 9.17) is 4.74 Å². The number of rotatable bonds is 6. The Bertz CT molecular complexity index is 832. The summed E-state index contributed by atoms with van der Waals surface area (Å²) in [6.45, 7) is 4.79. The molecule has 2 aromatic heterocycles. The lowest BCUT2D eigenvalue weighted by atomic mass is 10.1. The number of halogens is 1. The summed E-state index contributed by atoms with van der Waals surface area (Å²) in [5.41, 5.74) is 2.61. The topological polar surface area (TPSA) is 52.8 Å². The zero-order valence-electron chi connectivity index (χ0n) is 13.9. The molecule has 0 saturated carbocycles. The highest BCUT2D eigenvalue weighted by Crippen LogP contribution is 2.31. The maximum absolute atomic E-state index is 13.2. The lowest BCUT2D eigenvalue weighted by molar-refractivity contribution is 0.218. The SMILES string of the molecule is COCCSc1nnc(C(C)C)c2cnn(-c3ccc(F)cc3)c12. The summed E-state index contributed by atoms with van der Waals surface area (Å²) in [6.07, 6.45) is 1.81. The van der Waals surface area contributed by atoms with Gasteiger partial charge in [-0.15, -0.1) is 5.10 Å². The molecule has 0 aliphatic carbocycles. The third kappa shape index (κ3) is 3.27. The van der Waals surface area contributed by atoms with Crippen LogP contribution in [0.1, 0.15) is 25.5 Å². The van der Waals surface area contributed by atoms with Crippen LogP contribution in [-0.4, -0.2) is 39.4 Å². The third-order valence-corrected chi connectivity index (χ3v) is 4.56. The molecule has 0 aliphatic rings. The van der Waals surface area contributed by atoms with Crippen LogP contribution in [0.4, 0.5) is 4.39 Å². The summed E-state index contributed by atoms with van der Waals surface area (Å²) in [5.74, 6) is 0.743. The molecule has 0 aliphatic heterocycles. The Morgan fingerprint density at radius 2 is 1.96 bits per heavy atom. The second kappa shape index (κ2) is 7.27. The van der Waals surface area contributed by atoms with E-state index in [2.05, 4.69) is 29.1 Å². The van der Waals surface area contributed by atoms with Gasteiger partial charge in [-0.3, -0.25) is 0 Å². The second-order valence-corrected chi connectivity index (χ2v) is 6.77. The van der Waals surface area contributed by atoms with Crippen molar-refractivity contribution in [1.29, 1.82) is 0 Å². The van der Waals surface area contributed by atoms with E-state index in [1.54, 1.807) is 35.7 Å². The van der Waals surface area contributed by atoms with Crippen molar-refractivity contribution in [2.24, 2.45) is 0 Å².